The molecule has 2 fully saturated rings. The van der Waals surface area contributed by atoms with Crippen LogP contribution in [0.3, 0.4) is 0 Å². The van der Waals surface area contributed by atoms with E-state index in [1.54, 1.807) is 11.1 Å². The van der Waals surface area contributed by atoms with Crippen LogP contribution in [0.5, 0.6) is 0 Å². The second-order valence-electron chi connectivity index (χ2n) is 9.71. The van der Waals surface area contributed by atoms with Crippen molar-refractivity contribution in [2.24, 2.45) is 11.7 Å². The first-order valence-electron chi connectivity index (χ1n) is 12.0. The minimum Gasteiger partial charge on any atom is -0.368 e. The summed E-state index contributed by atoms with van der Waals surface area (Å²) in [4.78, 5) is 53.8. The van der Waals surface area contributed by atoms with Crippen molar-refractivity contribution in [3.63, 3.8) is 0 Å². The quantitative estimate of drug-likeness (QED) is 0.533. The fourth-order valence-electron chi connectivity index (χ4n) is 5.42. The highest BCUT2D eigenvalue weighted by Gasteiger charge is 2.55. The molecule has 2 aromatic rings. The summed E-state index contributed by atoms with van der Waals surface area (Å²) in [6.45, 7) is 1.69. The topological polar surface area (TPSA) is 144 Å². The van der Waals surface area contributed by atoms with Crippen molar-refractivity contribution in [3.8, 4) is 0 Å². The monoisotopic (exact) mass is 479 g/mol. The Bertz CT molecular complexity index is 1190. The fourth-order valence-corrected chi connectivity index (χ4v) is 5.42. The van der Waals surface area contributed by atoms with Crippen molar-refractivity contribution in [2.75, 3.05) is 6.54 Å². The summed E-state index contributed by atoms with van der Waals surface area (Å²) in [5.41, 5.74) is 6.47. The Kier molecular flexibility index (Phi) is 5.78. The maximum absolute atomic E-state index is 13.5. The van der Waals surface area contributed by atoms with Gasteiger partial charge >= 0.3 is 6.03 Å². The Morgan fingerprint density at radius 3 is 2.74 bits per heavy atom. The number of benzene rings is 1. The molecule has 0 bridgehead atoms. The smallest absolute Gasteiger partial charge is 0.325 e. The predicted molar refractivity (Wildman–Crippen MR) is 123 cm³/mol. The first kappa shape index (κ1) is 23.0. The van der Waals surface area contributed by atoms with Gasteiger partial charge in [-0.2, -0.15) is 0 Å². The van der Waals surface area contributed by atoms with Gasteiger partial charge in [0.05, 0.1) is 12.7 Å². The summed E-state index contributed by atoms with van der Waals surface area (Å²) in [5, 5.41) is 10.8. The minimum atomic E-state index is -1.10. The lowest BCUT2D eigenvalue weighted by Crippen LogP contribution is -2.49. The molecule has 3 aliphatic rings. The number of nitrogens with one attached hydrogen (secondary N) is 1. The predicted octanol–water partition coefficient (Wildman–Crippen LogP) is 0.674. The van der Waals surface area contributed by atoms with E-state index in [0.29, 0.717) is 24.5 Å². The molecular formula is C24H29N7O4. The average Bonchev–Trinajstić information content (AvgIpc) is 3.44. The van der Waals surface area contributed by atoms with Gasteiger partial charge in [0.2, 0.25) is 11.8 Å². The van der Waals surface area contributed by atoms with Crippen LogP contribution in [0.1, 0.15) is 49.4 Å². The third-order valence-corrected chi connectivity index (χ3v) is 7.60. The maximum Gasteiger partial charge on any atom is 0.325 e. The highest BCUT2D eigenvalue weighted by Crippen LogP contribution is 2.41. The lowest BCUT2D eigenvalue weighted by molar-refractivity contribution is -0.142. The number of aromatic nitrogens is 3. The Hall–Kier alpha value is -3.76. The van der Waals surface area contributed by atoms with Crippen LogP contribution in [0, 0.1) is 5.92 Å². The number of urea groups is 1. The summed E-state index contributed by atoms with van der Waals surface area (Å²) in [6, 6.07) is 6.95. The molecule has 2 heterocycles. The Morgan fingerprint density at radius 1 is 1.26 bits per heavy atom. The first-order chi connectivity index (χ1) is 16.8. The summed E-state index contributed by atoms with van der Waals surface area (Å²) < 4.78 is 1.33. The molecule has 5 amide bonds. The molecule has 0 unspecified atom stereocenters. The lowest BCUT2D eigenvalue weighted by Gasteiger charge is -2.39. The van der Waals surface area contributed by atoms with Crippen molar-refractivity contribution in [1.29, 1.82) is 0 Å². The second-order valence-corrected chi connectivity index (χ2v) is 9.71. The number of carbonyl (C=O) groups is 4. The molecule has 11 heteroatoms. The van der Waals surface area contributed by atoms with E-state index in [0.717, 1.165) is 35.3 Å². The number of hydrogen-bond donors (Lipinski definition) is 2. The zero-order valence-corrected chi connectivity index (χ0v) is 19.6. The molecule has 5 rings (SSSR count). The van der Waals surface area contributed by atoms with Crippen LogP contribution in [0.25, 0.3) is 0 Å². The van der Waals surface area contributed by atoms with Gasteiger partial charge in [-0.15, -0.1) is 5.10 Å². The lowest BCUT2D eigenvalue weighted by atomic mass is 9.79. The SMILES string of the molecule is C[C@@H](C1CCC1)N(Cc1cn(CC(N)=O)nn1)C(=O)CN1C(=O)N[C@]2(CCc3ccccc32)C1=O. The minimum absolute atomic E-state index is 0.0977. The first-order valence-corrected chi connectivity index (χ1v) is 12.0. The molecule has 11 nitrogen and oxygen atoms in total. The highest BCUT2D eigenvalue weighted by atomic mass is 16.2. The van der Waals surface area contributed by atoms with E-state index in [9.17, 15) is 19.2 Å². The van der Waals surface area contributed by atoms with Crippen molar-refractivity contribution < 1.29 is 19.2 Å². The summed E-state index contributed by atoms with van der Waals surface area (Å²) >= 11 is 0. The molecule has 1 aliphatic heterocycles. The molecule has 1 aromatic carbocycles. The van der Waals surface area contributed by atoms with Gasteiger partial charge < -0.3 is 16.0 Å². The number of amides is 5. The van der Waals surface area contributed by atoms with Gasteiger partial charge in [-0.3, -0.25) is 19.3 Å². The highest BCUT2D eigenvalue weighted by molar-refractivity contribution is 6.09. The van der Waals surface area contributed by atoms with Gasteiger partial charge in [-0.25, -0.2) is 9.48 Å². The molecule has 1 saturated heterocycles. The number of carbonyl (C=O) groups excluding carboxylic acids is 4. The van der Waals surface area contributed by atoms with Gasteiger partial charge in [0.25, 0.3) is 5.91 Å². The van der Waals surface area contributed by atoms with Crippen molar-refractivity contribution in [3.05, 3.63) is 47.3 Å². The summed E-state index contributed by atoms with van der Waals surface area (Å²) in [5.74, 6) is -0.918. The average molecular weight is 480 g/mol. The van der Waals surface area contributed by atoms with Crippen LogP contribution in [0.2, 0.25) is 0 Å². The molecule has 2 atom stereocenters. The van der Waals surface area contributed by atoms with E-state index in [4.69, 9.17) is 5.73 Å². The molecule has 2 aliphatic carbocycles. The molecule has 35 heavy (non-hydrogen) atoms. The van der Waals surface area contributed by atoms with E-state index in [1.807, 2.05) is 31.2 Å². The van der Waals surface area contributed by atoms with E-state index in [2.05, 4.69) is 15.6 Å². The van der Waals surface area contributed by atoms with Gasteiger partial charge in [0.1, 0.15) is 24.3 Å². The van der Waals surface area contributed by atoms with Crippen LogP contribution < -0.4 is 11.1 Å². The van der Waals surface area contributed by atoms with Crippen LogP contribution in [-0.4, -0.2) is 61.1 Å². The Morgan fingerprint density at radius 2 is 2.03 bits per heavy atom. The maximum atomic E-state index is 13.5. The number of nitrogens with two attached hydrogens (primary N) is 1. The van der Waals surface area contributed by atoms with E-state index in [1.165, 1.54) is 4.68 Å². The van der Waals surface area contributed by atoms with Crippen molar-refractivity contribution >= 4 is 23.8 Å². The van der Waals surface area contributed by atoms with Gasteiger partial charge in [0, 0.05) is 6.04 Å². The number of imide groups is 1. The van der Waals surface area contributed by atoms with Crippen molar-refractivity contribution in [2.45, 2.75) is 63.7 Å². The van der Waals surface area contributed by atoms with E-state index in [-0.39, 0.29) is 37.5 Å². The van der Waals surface area contributed by atoms with E-state index >= 15 is 0 Å². The Labute approximate surface area is 202 Å². The fraction of sp³-hybridized carbons (Fsp3) is 0.500. The second kappa shape index (κ2) is 8.79. The zero-order chi connectivity index (χ0) is 24.7. The molecule has 3 N–H and O–H groups in total. The largest absolute Gasteiger partial charge is 0.368 e. The number of nitrogens with zero attached hydrogens (tertiary/aromatic N) is 5. The molecular weight excluding hydrogens is 450 g/mol. The van der Waals surface area contributed by atoms with Crippen LogP contribution in [0.4, 0.5) is 4.79 Å². The molecule has 1 spiro atoms. The number of hydrogen-bond acceptors (Lipinski definition) is 6. The van der Waals surface area contributed by atoms with Gasteiger partial charge in [0.15, 0.2) is 0 Å². The standard InChI is InChI=1S/C24H29N7O4/c1-15(16-6-4-7-16)30(12-18-11-29(28-27-18)13-20(25)32)21(33)14-31-22(34)24(26-23(31)35)10-9-17-5-2-3-8-19(17)24/h2-3,5,8,11,15-16H,4,6-7,9-10,12-14H2,1H3,(H2,25,32)(H,26,35)/t15-,24-/m0/s1. The number of fused-ring (bicyclic) bond motifs is 2. The van der Waals surface area contributed by atoms with Gasteiger partial charge in [-0.05, 0) is 49.7 Å². The zero-order valence-electron chi connectivity index (χ0n) is 19.6. The molecule has 184 valence electrons. The normalized spacial score (nSPS) is 22.1. The number of aryl methyl sites for hydroxylation is 1. The third kappa shape index (κ3) is 4.04. The Balaban J connectivity index is 1.35. The summed E-state index contributed by atoms with van der Waals surface area (Å²) in [7, 11) is 0. The van der Waals surface area contributed by atoms with Crippen molar-refractivity contribution in [1.82, 2.24) is 30.1 Å². The number of rotatable bonds is 8. The molecule has 1 saturated carbocycles. The van der Waals surface area contributed by atoms with E-state index < -0.39 is 17.5 Å². The van der Waals surface area contributed by atoms with Crippen LogP contribution in [0.15, 0.2) is 30.5 Å². The number of primary amides is 1. The molecule has 0 radical (unpaired) electrons. The third-order valence-electron chi connectivity index (χ3n) is 7.60. The molecule has 1 aromatic heterocycles. The summed E-state index contributed by atoms with van der Waals surface area (Å²) in [6.07, 6.45) is 5.89. The van der Waals surface area contributed by atoms with Gasteiger partial charge in [-0.1, -0.05) is 35.9 Å². The van der Waals surface area contributed by atoms with Crippen LogP contribution >= 0.6 is 0 Å². The van der Waals surface area contributed by atoms with Crippen LogP contribution in [-0.2, 0) is 39.4 Å².